The van der Waals surface area contributed by atoms with E-state index in [2.05, 4.69) is 25.3 Å². The van der Waals surface area contributed by atoms with Gasteiger partial charge in [-0.3, -0.25) is 4.79 Å². The Morgan fingerprint density at radius 2 is 2.26 bits per heavy atom. The van der Waals surface area contributed by atoms with Crippen molar-refractivity contribution in [2.24, 2.45) is 0 Å². The SMILES string of the molecule is CNc1nc(C)cc(C(=O)N2CCCC(c3ccncn3)C2)n1. The van der Waals surface area contributed by atoms with Crippen LogP contribution in [0.15, 0.2) is 24.7 Å². The lowest BCUT2D eigenvalue weighted by atomic mass is 9.94. The van der Waals surface area contributed by atoms with Crippen molar-refractivity contribution < 1.29 is 4.79 Å². The van der Waals surface area contributed by atoms with Crippen LogP contribution in [0.2, 0.25) is 0 Å². The number of aromatic nitrogens is 4. The molecule has 3 heterocycles. The third-order valence-electron chi connectivity index (χ3n) is 4.03. The number of hydrogen-bond donors (Lipinski definition) is 1. The van der Waals surface area contributed by atoms with Crippen LogP contribution in [-0.2, 0) is 0 Å². The molecule has 1 amide bonds. The Bertz CT molecular complexity index is 690. The van der Waals surface area contributed by atoms with E-state index < -0.39 is 0 Å². The van der Waals surface area contributed by atoms with Crippen molar-refractivity contribution >= 4 is 11.9 Å². The molecule has 7 nitrogen and oxygen atoms in total. The number of carbonyl (C=O) groups is 1. The molecule has 3 rings (SSSR count). The molecule has 1 N–H and O–H groups in total. The summed E-state index contributed by atoms with van der Waals surface area (Å²) in [4.78, 5) is 31.4. The van der Waals surface area contributed by atoms with Gasteiger partial charge in [0.05, 0.1) is 0 Å². The maximum atomic E-state index is 12.8. The Balaban J connectivity index is 1.78. The number of likely N-dealkylation sites (tertiary alicyclic amines) is 1. The van der Waals surface area contributed by atoms with Crippen molar-refractivity contribution in [3.8, 4) is 0 Å². The predicted octanol–water partition coefficient (Wildman–Crippen LogP) is 1.64. The molecule has 120 valence electrons. The fourth-order valence-electron chi connectivity index (χ4n) is 2.90. The molecular formula is C16H20N6O. The van der Waals surface area contributed by atoms with Gasteiger partial charge in [0, 0.05) is 43.6 Å². The number of carbonyl (C=O) groups excluding carboxylic acids is 1. The van der Waals surface area contributed by atoms with Crippen LogP contribution in [0.4, 0.5) is 5.95 Å². The zero-order chi connectivity index (χ0) is 16.2. The van der Waals surface area contributed by atoms with Crippen molar-refractivity contribution in [2.75, 3.05) is 25.5 Å². The summed E-state index contributed by atoms with van der Waals surface area (Å²) in [6.45, 7) is 3.27. The quantitative estimate of drug-likeness (QED) is 0.927. The van der Waals surface area contributed by atoms with Gasteiger partial charge >= 0.3 is 0 Å². The summed E-state index contributed by atoms with van der Waals surface area (Å²) in [5.74, 6) is 0.672. The van der Waals surface area contributed by atoms with Crippen LogP contribution in [0.5, 0.6) is 0 Å². The largest absolute Gasteiger partial charge is 0.357 e. The maximum absolute atomic E-state index is 12.8. The number of piperidine rings is 1. The summed E-state index contributed by atoms with van der Waals surface area (Å²) in [5.41, 5.74) is 2.20. The van der Waals surface area contributed by atoms with Crippen molar-refractivity contribution in [3.63, 3.8) is 0 Å². The fraction of sp³-hybridized carbons (Fsp3) is 0.438. The highest BCUT2D eigenvalue weighted by molar-refractivity contribution is 5.92. The molecule has 1 aliphatic rings. The lowest BCUT2D eigenvalue weighted by Gasteiger charge is -2.32. The first-order valence-electron chi connectivity index (χ1n) is 7.76. The lowest BCUT2D eigenvalue weighted by Crippen LogP contribution is -2.39. The topological polar surface area (TPSA) is 83.9 Å². The molecule has 0 radical (unpaired) electrons. The minimum absolute atomic E-state index is 0.0502. The minimum Gasteiger partial charge on any atom is -0.357 e. The summed E-state index contributed by atoms with van der Waals surface area (Å²) >= 11 is 0. The number of hydrogen-bond acceptors (Lipinski definition) is 6. The summed E-state index contributed by atoms with van der Waals surface area (Å²) in [6.07, 6.45) is 5.30. The molecule has 1 atom stereocenters. The minimum atomic E-state index is -0.0502. The third kappa shape index (κ3) is 3.44. The number of nitrogens with one attached hydrogen (secondary N) is 1. The summed E-state index contributed by atoms with van der Waals surface area (Å²) < 4.78 is 0. The van der Waals surface area contributed by atoms with Crippen molar-refractivity contribution in [1.82, 2.24) is 24.8 Å². The normalized spacial score (nSPS) is 17.8. The van der Waals surface area contributed by atoms with Gasteiger partial charge in [0.15, 0.2) is 0 Å². The van der Waals surface area contributed by atoms with Crippen LogP contribution < -0.4 is 5.32 Å². The van der Waals surface area contributed by atoms with Gasteiger partial charge in [-0.2, -0.15) is 0 Å². The van der Waals surface area contributed by atoms with Crippen molar-refractivity contribution in [2.45, 2.75) is 25.7 Å². The summed E-state index contributed by atoms with van der Waals surface area (Å²) in [7, 11) is 1.75. The molecule has 1 saturated heterocycles. The first-order valence-corrected chi connectivity index (χ1v) is 7.76. The van der Waals surface area contributed by atoms with Gasteiger partial charge < -0.3 is 10.2 Å². The maximum Gasteiger partial charge on any atom is 0.272 e. The van der Waals surface area contributed by atoms with E-state index in [1.165, 1.54) is 0 Å². The molecule has 0 saturated carbocycles. The lowest BCUT2D eigenvalue weighted by molar-refractivity contribution is 0.0699. The van der Waals surface area contributed by atoms with Gasteiger partial charge in [0.1, 0.15) is 12.0 Å². The summed E-state index contributed by atoms with van der Waals surface area (Å²) in [6, 6.07) is 3.66. The summed E-state index contributed by atoms with van der Waals surface area (Å²) in [5, 5.41) is 2.89. The van der Waals surface area contributed by atoms with Gasteiger partial charge in [-0.25, -0.2) is 19.9 Å². The Labute approximate surface area is 135 Å². The first kappa shape index (κ1) is 15.3. The van der Waals surface area contributed by atoms with Gasteiger partial charge in [0.2, 0.25) is 5.95 Å². The van der Waals surface area contributed by atoms with E-state index in [0.29, 0.717) is 18.2 Å². The van der Waals surface area contributed by atoms with Gasteiger partial charge in [-0.15, -0.1) is 0 Å². The second-order valence-electron chi connectivity index (χ2n) is 5.69. The Hall–Kier alpha value is -2.57. The Kier molecular flexibility index (Phi) is 4.45. The fourth-order valence-corrected chi connectivity index (χ4v) is 2.90. The molecular weight excluding hydrogens is 292 g/mol. The zero-order valence-corrected chi connectivity index (χ0v) is 13.4. The molecule has 0 bridgehead atoms. The monoisotopic (exact) mass is 312 g/mol. The molecule has 7 heteroatoms. The zero-order valence-electron chi connectivity index (χ0n) is 13.4. The van der Waals surface area contributed by atoms with Crippen LogP contribution in [0.3, 0.4) is 0 Å². The molecule has 0 aromatic carbocycles. The van der Waals surface area contributed by atoms with Crippen LogP contribution in [0.25, 0.3) is 0 Å². The molecule has 1 unspecified atom stereocenters. The first-order chi connectivity index (χ1) is 11.2. The van der Waals surface area contributed by atoms with Gasteiger partial charge in [-0.1, -0.05) is 0 Å². The van der Waals surface area contributed by atoms with Crippen molar-refractivity contribution in [1.29, 1.82) is 0 Å². The molecule has 0 aliphatic carbocycles. The number of anilines is 1. The third-order valence-corrected chi connectivity index (χ3v) is 4.03. The number of nitrogens with zero attached hydrogens (tertiary/aromatic N) is 5. The Morgan fingerprint density at radius 1 is 1.39 bits per heavy atom. The second-order valence-corrected chi connectivity index (χ2v) is 5.69. The highest BCUT2D eigenvalue weighted by atomic mass is 16.2. The van der Waals surface area contributed by atoms with Gasteiger partial charge in [0.25, 0.3) is 5.91 Å². The average molecular weight is 312 g/mol. The van der Waals surface area contributed by atoms with E-state index in [1.54, 1.807) is 25.6 Å². The standard InChI is InChI=1S/C16H20N6O/c1-11-8-14(21-16(17-2)20-11)15(23)22-7-3-4-12(9-22)13-5-6-18-10-19-13/h5-6,8,10,12H,3-4,7,9H2,1-2H3,(H,17,20,21). The van der Waals surface area contributed by atoms with E-state index >= 15 is 0 Å². The molecule has 23 heavy (non-hydrogen) atoms. The highest BCUT2D eigenvalue weighted by Crippen LogP contribution is 2.26. The van der Waals surface area contributed by atoms with Crippen LogP contribution in [-0.4, -0.2) is 50.9 Å². The molecule has 2 aromatic rings. The van der Waals surface area contributed by atoms with E-state index in [1.807, 2.05) is 17.9 Å². The second kappa shape index (κ2) is 6.68. The molecule has 1 fully saturated rings. The molecule has 1 aliphatic heterocycles. The average Bonchev–Trinajstić information content (AvgIpc) is 2.61. The van der Waals surface area contributed by atoms with E-state index in [-0.39, 0.29) is 11.8 Å². The predicted molar refractivity (Wildman–Crippen MR) is 86.2 cm³/mol. The number of rotatable bonds is 3. The van der Waals surface area contributed by atoms with Crippen LogP contribution >= 0.6 is 0 Å². The number of aryl methyl sites for hydroxylation is 1. The van der Waals surface area contributed by atoms with E-state index in [4.69, 9.17) is 0 Å². The van der Waals surface area contributed by atoms with Gasteiger partial charge in [-0.05, 0) is 31.9 Å². The van der Waals surface area contributed by atoms with E-state index in [9.17, 15) is 4.79 Å². The van der Waals surface area contributed by atoms with Crippen molar-refractivity contribution in [3.05, 3.63) is 41.7 Å². The smallest absolute Gasteiger partial charge is 0.272 e. The highest BCUT2D eigenvalue weighted by Gasteiger charge is 2.27. The Morgan fingerprint density at radius 3 is 3.00 bits per heavy atom. The van der Waals surface area contributed by atoms with Crippen LogP contribution in [0, 0.1) is 6.92 Å². The van der Waals surface area contributed by atoms with Crippen LogP contribution in [0.1, 0.15) is 40.6 Å². The molecule has 2 aromatic heterocycles. The van der Waals surface area contributed by atoms with E-state index in [0.717, 1.165) is 30.8 Å². The number of amides is 1. The molecule has 0 spiro atoms.